The van der Waals surface area contributed by atoms with Gasteiger partial charge in [0.05, 0.1) is 11.2 Å². The number of hydrogen-bond acceptors (Lipinski definition) is 6. The standard InChI is InChI=1S/C24H31N5OS/c1-17-23(18-5-8-29(17)9-6-18)26-24(30)21-14-20-19(16-31-22(20)15-25-21)4-3-7-28-12-10-27(2)11-13-28/h14-18,23H,5-13H2,1-2H3,(H,26,30)/t17-,23-/m0/s1. The molecule has 4 saturated heterocycles. The highest BCUT2D eigenvalue weighted by Gasteiger charge is 2.40. The van der Waals surface area contributed by atoms with Crippen molar-refractivity contribution in [3.8, 4) is 11.8 Å². The Morgan fingerprint density at radius 3 is 2.74 bits per heavy atom. The Balaban J connectivity index is 1.29. The highest BCUT2D eigenvalue weighted by atomic mass is 32.1. The number of carbonyl (C=O) groups is 1. The van der Waals surface area contributed by atoms with Crippen LogP contribution < -0.4 is 5.32 Å². The number of aromatic nitrogens is 1. The van der Waals surface area contributed by atoms with Crippen molar-refractivity contribution >= 4 is 27.3 Å². The lowest BCUT2D eigenvalue weighted by molar-refractivity contribution is 0.0216. The van der Waals surface area contributed by atoms with E-state index < -0.39 is 0 Å². The van der Waals surface area contributed by atoms with Crippen molar-refractivity contribution in [1.82, 2.24) is 25.0 Å². The average Bonchev–Trinajstić information content (AvgIpc) is 3.20. The summed E-state index contributed by atoms with van der Waals surface area (Å²) in [5.74, 6) is 7.21. The van der Waals surface area contributed by atoms with Gasteiger partial charge in [0.25, 0.3) is 5.91 Å². The van der Waals surface area contributed by atoms with Crippen molar-refractivity contribution < 1.29 is 4.79 Å². The van der Waals surface area contributed by atoms with E-state index in [1.54, 1.807) is 11.3 Å². The summed E-state index contributed by atoms with van der Waals surface area (Å²) in [5.41, 5.74) is 1.50. The van der Waals surface area contributed by atoms with E-state index in [0.29, 0.717) is 17.7 Å². The van der Waals surface area contributed by atoms with Crippen LogP contribution in [0.25, 0.3) is 10.1 Å². The van der Waals surface area contributed by atoms with Gasteiger partial charge in [-0.25, -0.2) is 4.98 Å². The van der Waals surface area contributed by atoms with Gasteiger partial charge in [-0.1, -0.05) is 11.8 Å². The van der Waals surface area contributed by atoms with Crippen LogP contribution in [0, 0.1) is 17.8 Å². The number of piperazine rings is 1. The predicted octanol–water partition coefficient (Wildman–Crippen LogP) is 2.11. The lowest BCUT2D eigenvalue weighted by Crippen LogP contribution is -2.62. The lowest BCUT2D eigenvalue weighted by atomic mass is 9.79. The molecule has 0 aliphatic carbocycles. The third-order valence-electron chi connectivity index (χ3n) is 7.29. The molecule has 0 aromatic carbocycles. The molecule has 0 saturated carbocycles. The van der Waals surface area contributed by atoms with Crippen LogP contribution in [0.4, 0.5) is 0 Å². The first kappa shape index (κ1) is 20.9. The summed E-state index contributed by atoms with van der Waals surface area (Å²) >= 11 is 1.64. The molecule has 2 aromatic rings. The van der Waals surface area contributed by atoms with Gasteiger partial charge in [-0.15, -0.1) is 11.3 Å². The number of piperidine rings is 3. The van der Waals surface area contributed by atoms with Gasteiger partial charge in [0, 0.05) is 60.8 Å². The number of likely N-dealkylation sites (N-methyl/N-ethyl adjacent to an activating group) is 1. The van der Waals surface area contributed by atoms with Crippen LogP contribution in [-0.2, 0) is 0 Å². The van der Waals surface area contributed by atoms with Crippen LogP contribution in [-0.4, -0.2) is 90.5 Å². The Morgan fingerprint density at radius 1 is 1.23 bits per heavy atom. The van der Waals surface area contributed by atoms with Crippen molar-refractivity contribution in [3.63, 3.8) is 0 Å². The van der Waals surface area contributed by atoms with E-state index in [0.717, 1.165) is 61.5 Å². The molecule has 4 aliphatic heterocycles. The molecule has 0 radical (unpaired) electrons. The number of amides is 1. The van der Waals surface area contributed by atoms with E-state index in [9.17, 15) is 4.79 Å². The summed E-state index contributed by atoms with van der Waals surface area (Å²) in [5, 5.41) is 6.42. The summed E-state index contributed by atoms with van der Waals surface area (Å²) in [7, 11) is 2.17. The second-order valence-electron chi connectivity index (χ2n) is 9.21. The molecule has 6 rings (SSSR count). The molecular weight excluding hydrogens is 406 g/mol. The fourth-order valence-electron chi connectivity index (χ4n) is 5.18. The maximum absolute atomic E-state index is 13.0. The van der Waals surface area contributed by atoms with Crippen molar-refractivity contribution in [1.29, 1.82) is 0 Å². The molecule has 6 nitrogen and oxygen atoms in total. The van der Waals surface area contributed by atoms with Gasteiger partial charge in [0.1, 0.15) is 5.69 Å². The Hall–Kier alpha value is -1.98. The third-order valence-corrected chi connectivity index (χ3v) is 8.22. The van der Waals surface area contributed by atoms with Crippen molar-refractivity contribution in [2.75, 3.05) is 52.9 Å². The quantitative estimate of drug-likeness (QED) is 0.746. The minimum Gasteiger partial charge on any atom is -0.346 e. The summed E-state index contributed by atoms with van der Waals surface area (Å²) in [4.78, 5) is 24.7. The minimum absolute atomic E-state index is 0.0601. The molecule has 2 atom stereocenters. The predicted molar refractivity (Wildman–Crippen MR) is 125 cm³/mol. The van der Waals surface area contributed by atoms with Crippen LogP contribution in [0.5, 0.6) is 0 Å². The van der Waals surface area contributed by atoms with Gasteiger partial charge in [-0.3, -0.25) is 14.6 Å². The van der Waals surface area contributed by atoms with Crippen molar-refractivity contribution in [2.24, 2.45) is 5.92 Å². The van der Waals surface area contributed by atoms with E-state index in [1.807, 2.05) is 12.3 Å². The number of carbonyl (C=O) groups excluding carboxylic acids is 1. The first-order valence-electron chi connectivity index (χ1n) is 11.4. The zero-order valence-corrected chi connectivity index (χ0v) is 19.2. The van der Waals surface area contributed by atoms with Gasteiger partial charge in [-0.2, -0.15) is 0 Å². The molecule has 2 aromatic heterocycles. The normalized spacial score (nSPS) is 29.0. The first-order valence-corrected chi connectivity index (χ1v) is 12.3. The third kappa shape index (κ3) is 4.35. The molecule has 4 fully saturated rings. The Labute approximate surface area is 188 Å². The maximum Gasteiger partial charge on any atom is 0.270 e. The van der Waals surface area contributed by atoms with Crippen LogP contribution in [0.3, 0.4) is 0 Å². The van der Waals surface area contributed by atoms with Gasteiger partial charge < -0.3 is 10.2 Å². The zero-order chi connectivity index (χ0) is 21.4. The smallest absolute Gasteiger partial charge is 0.270 e. The number of thiophene rings is 1. The highest BCUT2D eigenvalue weighted by molar-refractivity contribution is 7.17. The first-order chi connectivity index (χ1) is 15.1. The molecule has 7 heteroatoms. The molecule has 4 aliphatic rings. The SMILES string of the molecule is C[C@H]1[C@H](NC(=O)c2cc3c(C#CCN4CCN(C)CC4)csc3cn2)C2CCN1CC2. The second kappa shape index (κ2) is 8.87. The lowest BCUT2D eigenvalue weighted by Gasteiger charge is -2.49. The fourth-order valence-corrected chi connectivity index (χ4v) is 6.02. The van der Waals surface area contributed by atoms with Crippen LogP contribution in [0.2, 0.25) is 0 Å². The molecular formula is C24H31N5OS. The van der Waals surface area contributed by atoms with Crippen molar-refractivity contribution in [3.05, 3.63) is 28.9 Å². The molecule has 31 heavy (non-hydrogen) atoms. The minimum atomic E-state index is -0.0601. The molecule has 6 heterocycles. The molecule has 0 spiro atoms. The number of hydrogen-bond donors (Lipinski definition) is 1. The van der Waals surface area contributed by atoms with E-state index in [4.69, 9.17) is 0 Å². The fraction of sp³-hybridized carbons (Fsp3) is 0.583. The van der Waals surface area contributed by atoms with Gasteiger partial charge >= 0.3 is 0 Å². The largest absolute Gasteiger partial charge is 0.346 e. The number of fused-ring (bicyclic) bond motifs is 4. The number of pyridine rings is 1. The highest BCUT2D eigenvalue weighted by Crippen LogP contribution is 2.32. The number of nitrogens with one attached hydrogen (secondary N) is 1. The monoisotopic (exact) mass is 437 g/mol. The Kier molecular flexibility index (Phi) is 5.98. The van der Waals surface area contributed by atoms with Gasteiger partial charge in [-0.05, 0) is 51.9 Å². The summed E-state index contributed by atoms with van der Waals surface area (Å²) < 4.78 is 1.08. The van der Waals surface area contributed by atoms with Crippen LogP contribution in [0.15, 0.2) is 17.6 Å². The molecule has 0 unspecified atom stereocenters. The zero-order valence-electron chi connectivity index (χ0n) is 18.4. The summed E-state index contributed by atoms with van der Waals surface area (Å²) in [6.07, 6.45) is 4.18. The second-order valence-corrected chi connectivity index (χ2v) is 10.1. The Morgan fingerprint density at radius 2 is 2.00 bits per heavy atom. The van der Waals surface area contributed by atoms with E-state index in [-0.39, 0.29) is 11.9 Å². The average molecular weight is 438 g/mol. The summed E-state index contributed by atoms with van der Waals surface area (Å²) in [6, 6.07) is 2.54. The number of nitrogens with zero attached hydrogens (tertiary/aromatic N) is 4. The maximum atomic E-state index is 13.0. The van der Waals surface area contributed by atoms with E-state index in [1.165, 1.54) is 12.8 Å². The number of rotatable bonds is 3. The molecule has 164 valence electrons. The molecule has 1 N–H and O–H groups in total. The summed E-state index contributed by atoms with van der Waals surface area (Å²) in [6.45, 7) is 9.70. The molecule has 1 amide bonds. The van der Waals surface area contributed by atoms with Crippen LogP contribution >= 0.6 is 11.3 Å². The molecule has 2 bridgehead atoms. The topological polar surface area (TPSA) is 51.7 Å². The van der Waals surface area contributed by atoms with Gasteiger partial charge in [0.15, 0.2) is 0 Å². The van der Waals surface area contributed by atoms with E-state index >= 15 is 0 Å². The Bertz CT molecular complexity index is 1010. The van der Waals surface area contributed by atoms with Gasteiger partial charge in [0.2, 0.25) is 0 Å². The van der Waals surface area contributed by atoms with E-state index in [2.05, 4.69) is 56.2 Å². The van der Waals surface area contributed by atoms with Crippen LogP contribution in [0.1, 0.15) is 35.8 Å². The van der Waals surface area contributed by atoms with Crippen molar-refractivity contribution in [2.45, 2.75) is 31.8 Å².